The first-order valence-electron chi connectivity index (χ1n) is 6.83. The Morgan fingerprint density at radius 1 is 1.45 bits per heavy atom. The number of amides is 1. The predicted octanol–water partition coefficient (Wildman–Crippen LogP) is 1.23. The maximum atomic E-state index is 11.7. The Morgan fingerprint density at radius 2 is 2.25 bits per heavy atom. The predicted molar refractivity (Wildman–Crippen MR) is 78.6 cm³/mol. The smallest absolute Gasteiger partial charge is 0.227 e. The second-order valence-electron chi connectivity index (χ2n) is 5.25. The van der Waals surface area contributed by atoms with Gasteiger partial charge in [0.05, 0.1) is 6.54 Å². The van der Waals surface area contributed by atoms with E-state index >= 15 is 0 Å². The van der Waals surface area contributed by atoms with Crippen LogP contribution in [0.5, 0.6) is 0 Å². The Bertz CT molecular complexity index is 570. The lowest BCUT2D eigenvalue weighted by molar-refractivity contribution is -0.118. The lowest BCUT2D eigenvalue weighted by atomic mass is 10.0. The summed E-state index contributed by atoms with van der Waals surface area (Å²) < 4.78 is 5.60. The number of ether oxygens (including phenoxy) is 1. The van der Waals surface area contributed by atoms with Gasteiger partial charge in [0, 0.05) is 31.4 Å². The standard InChI is InChI=1S/C15H19N3O2/c1-10-18(9-13(8-16)20-10)12-4-5-14-11(7-12)3-6-15(19)17(14)2/h4-5,7,13H,1,3,6,8-9,16H2,2H3/t13-/m0/s1. The van der Waals surface area contributed by atoms with Gasteiger partial charge < -0.3 is 20.3 Å². The Hall–Kier alpha value is -2.01. The highest BCUT2D eigenvalue weighted by Gasteiger charge is 2.28. The Labute approximate surface area is 118 Å². The van der Waals surface area contributed by atoms with Gasteiger partial charge in [-0.1, -0.05) is 0 Å². The largest absolute Gasteiger partial charge is 0.473 e. The molecule has 2 heterocycles. The van der Waals surface area contributed by atoms with Crippen LogP contribution in [-0.2, 0) is 16.0 Å². The average molecular weight is 273 g/mol. The summed E-state index contributed by atoms with van der Waals surface area (Å²) in [6, 6.07) is 6.11. The third-order valence-electron chi connectivity index (χ3n) is 3.97. The van der Waals surface area contributed by atoms with E-state index in [0.29, 0.717) is 18.8 Å². The van der Waals surface area contributed by atoms with E-state index in [1.807, 2.05) is 24.1 Å². The molecule has 0 radical (unpaired) electrons. The molecule has 0 aromatic heterocycles. The van der Waals surface area contributed by atoms with E-state index in [1.54, 1.807) is 4.90 Å². The molecule has 1 saturated heterocycles. The van der Waals surface area contributed by atoms with Crippen LogP contribution in [0.2, 0.25) is 0 Å². The van der Waals surface area contributed by atoms with E-state index < -0.39 is 0 Å². The van der Waals surface area contributed by atoms with Crippen molar-refractivity contribution in [2.24, 2.45) is 5.73 Å². The maximum Gasteiger partial charge on any atom is 0.227 e. The van der Waals surface area contributed by atoms with Crippen LogP contribution in [0.3, 0.4) is 0 Å². The number of carbonyl (C=O) groups is 1. The summed E-state index contributed by atoms with van der Waals surface area (Å²) in [5.74, 6) is 0.808. The van der Waals surface area contributed by atoms with Crippen LogP contribution in [-0.4, -0.2) is 32.1 Å². The number of anilines is 2. The minimum absolute atomic E-state index is 0.00258. The fraction of sp³-hybridized carbons (Fsp3) is 0.400. The summed E-state index contributed by atoms with van der Waals surface area (Å²) in [5.41, 5.74) is 8.87. The summed E-state index contributed by atoms with van der Waals surface area (Å²) in [4.78, 5) is 15.5. The molecular formula is C15H19N3O2. The third kappa shape index (κ3) is 2.04. The molecule has 1 amide bonds. The van der Waals surface area contributed by atoms with Gasteiger partial charge in [0.2, 0.25) is 5.91 Å². The number of benzene rings is 1. The quantitative estimate of drug-likeness (QED) is 0.880. The number of hydrogen-bond acceptors (Lipinski definition) is 4. The number of hydrogen-bond donors (Lipinski definition) is 1. The topological polar surface area (TPSA) is 58.8 Å². The molecule has 0 spiro atoms. The van der Waals surface area contributed by atoms with Crippen LogP contribution in [0.4, 0.5) is 11.4 Å². The van der Waals surface area contributed by atoms with Crippen LogP contribution in [0, 0.1) is 0 Å². The molecule has 1 fully saturated rings. The highest BCUT2D eigenvalue weighted by Crippen LogP contribution is 2.33. The molecule has 5 heteroatoms. The number of rotatable bonds is 2. The summed E-state index contributed by atoms with van der Waals surface area (Å²) in [7, 11) is 1.82. The van der Waals surface area contributed by atoms with Crippen molar-refractivity contribution in [1.29, 1.82) is 0 Å². The van der Waals surface area contributed by atoms with Gasteiger partial charge in [0.15, 0.2) is 5.88 Å². The second kappa shape index (κ2) is 4.83. The molecule has 1 atom stereocenters. The molecule has 1 aromatic carbocycles. The fourth-order valence-corrected chi connectivity index (χ4v) is 2.78. The zero-order chi connectivity index (χ0) is 14.3. The van der Waals surface area contributed by atoms with Crippen molar-refractivity contribution in [1.82, 2.24) is 0 Å². The summed E-state index contributed by atoms with van der Waals surface area (Å²) in [6.07, 6.45) is 1.35. The lowest BCUT2D eigenvalue weighted by Gasteiger charge is -2.27. The minimum Gasteiger partial charge on any atom is -0.473 e. The normalized spacial score (nSPS) is 22.0. The van der Waals surface area contributed by atoms with Crippen LogP contribution in [0.25, 0.3) is 0 Å². The molecule has 2 N–H and O–H groups in total. The summed E-state index contributed by atoms with van der Waals surface area (Å²) >= 11 is 0. The highest BCUT2D eigenvalue weighted by atomic mass is 16.5. The molecule has 5 nitrogen and oxygen atoms in total. The van der Waals surface area contributed by atoms with Gasteiger partial charge in [-0.05, 0) is 36.8 Å². The van der Waals surface area contributed by atoms with Crippen molar-refractivity contribution >= 4 is 17.3 Å². The van der Waals surface area contributed by atoms with Crippen LogP contribution < -0.4 is 15.5 Å². The number of fused-ring (bicyclic) bond motifs is 1. The molecule has 106 valence electrons. The van der Waals surface area contributed by atoms with Crippen molar-refractivity contribution in [2.45, 2.75) is 18.9 Å². The van der Waals surface area contributed by atoms with Crippen LogP contribution >= 0.6 is 0 Å². The fourth-order valence-electron chi connectivity index (χ4n) is 2.78. The summed E-state index contributed by atoms with van der Waals surface area (Å²) in [6.45, 7) is 5.14. The van der Waals surface area contributed by atoms with Gasteiger partial charge in [-0.15, -0.1) is 0 Å². The lowest BCUT2D eigenvalue weighted by Crippen LogP contribution is -2.31. The van der Waals surface area contributed by atoms with Crippen LogP contribution in [0.15, 0.2) is 30.7 Å². The van der Waals surface area contributed by atoms with Gasteiger partial charge >= 0.3 is 0 Å². The SMILES string of the molecule is C=C1O[C@@H](CN)CN1c1ccc2c(c1)CCC(=O)N2C. The molecule has 0 unspecified atom stereocenters. The Kier molecular flexibility index (Phi) is 3.14. The third-order valence-corrected chi connectivity index (χ3v) is 3.97. The molecule has 3 rings (SSSR count). The van der Waals surface area contributed by atoms with Crippen LogP contribution in [0.1, 0.15) is 12.0 Å². The Balaban J connectivity index is 1.90. The van der Waals surface area contributed by atoms with E-state index in [0.717, 1.165) is 24.3 Å². The van der Waals surface area contributed by atoms with Gasteiger partial charge in [0.25, 0.3) is 0 Å². The van der Waals surface area contributed by atoms with Gasteiger partial charge in [-0.2, -0.15) is 0 Å². The van der Waals surface area contributed by atoms with E-state index in [4.69, 9.17) is 10.5 Å². The molecule has 20 heavy (non-hydrogen) atoms. The van der Waals surface area contributed by atoms with Crippen molar-refractivity contribution in [2.75, 3.05) is 29.9 Å². The van der Waals surface area contributed by atoms with Gasteiger partial charge in [0.1, 0.15) is 6.10 Å². The monoisotopic (exact) mass is 273 g/mol. The van der Waals surface area contributed by atoms with Gasteiger partial charge in [-0.3, -0.25) is 4.79 Å². The van der Waals surface area contributed by atoms with Crippen molar-refractivity contribution in [3.05, 3.63) is 36.2 Å². The number of carbonyl (C=O) groups excluding carboxylic acids is 1. The van der Waals surface area contributed by atoms with Crippen molar-refractivity contribution in [3.8, 4) is 0 Å². The van der Waals surface area contributed by atoms with Gasteiger partial charge in [-0.25, -0.2) is 0 Å². The molecule has 0 aliphatic carbocycles. The molecule has 0 bridgehead atoms. The van der Waals surface area contributed by atoms with Crippen molar-refractivity contribution < 1.29 is 9.53 Å². The van der Waals surface area contributed by atoms with E-state index in [-0.39, 0.29) is 12.0 Å². The molecule has 0 saturated carbocycles. The molecular weight excluding hydrogens is 254 g/mol. The Morgan fingerprint density at radius 3 is 2.95 bits per heavy atom. The number of aryl methyl sites for hydroxylation is 1. The first kappa shape index (κ1) is 13.0. The summed E-state index contributed by atoms with van der Waals surface area (Å²) in [5, 5.41) is 0. The minimum atomic E-state index is 0.00258. The number of nitrogens with zero attached hydrogens (tertiary/aromatic N) is 2. The maximum absolute atomic E-state index is 11.7. The van der Waals surface area contributed by atoms with E-state index in [1.165, 1.54) is 5.56 Å². The zero-order valence-electron chi connectivity index (χ0n) is 11.6. The molecule has 1 aromatic rings. The number of nitrogens with two attached hydrogens (primary N) is 1. The molecule has 2 aliphatic heterocycles. The average Bonchev–Trinajstić information content (AvgIpc) is 2.84. The van der Waals surface area contributed by atoms with E-state index in [9.17, 15) is 4.79 Å². The second-order valence-corrected chi connectivity index (χ2v) is 5.25. The zero-order valence-corrected chi connectivity index (χ0v) is 11.6. The highest BCUT2D eigenvalue weighted by molar-refractivity contribution is 5.96. The van der Waals surface area contributed by atoms with E-state index in [2.05, 4.69) is 12.6 Å². The molecule has 2 aliphatic rings. The first-order valence-corrected chi connectivity index (χ1v) is 6.83. The van der Waals surface area contributed by atoms with Crippen molar-refractivity contribution in [3.63, 3.8) is 0 Å². The first-order chi connectivity index (χ1) is 9.60.